The van der Waals surface area contributed by atoms with Crippen molar-refractivity contribution in [1.82, 2.24) is 5.32 Å². The summed E-state index contributed by atoms with van der Waals surface area (Å²) in [5.41, 5.74) is 1.42. The van der Waals surface area contributed by atoms with Crippen LogP contribution in [0.2, 0.25) is 0 Å². The van der Waals surface area contributed by atoms with E-state index < -0.39 is 0 Å². The average molecular weight is 205 g/mol. The molecular formula is C13H19NO. The number of hydrogen-bond acceptors (Lipinski definition) is 2. The topological polar surface area (TPSA) is 25.2 Å². The number of nitrogens with one attached hydrogen (secondary N) is 1. The summed E-state index contributed by atoms with van der Waals surface area (Å²) in [6, 6.07) is 2.62. The number of furan rings is 1. The summed E-state index contributed by atoms with van der Waals surface area (Å²) in [6.45, 7) is 1.11. The van der Waals surface area contributed by atoms with Crippen LogP contribution in [-0.4, -0.2) is 6.54 Å². The number of rotatable bonds is 4. The van der Waals surface area contributed by atoms with Crippen LogP contribution in [0.1, 0.15) is 49.5 Å². The first-order valence-corrected chi connectivity index (χ1v) is 6.23. The molecular weight excluding hydrogens is 186 g/mol. The Hall–Kier alpha value is -0.760. The molecule has 1 unspecified atom stereocenters. The zero-order valence-corrected chi connectivity index (χ0v) is 9.17. The quantitative estimate of drug-likeness (QED) is 0.817. The van der Waals surface area contributed by atoms with E-state index in [2.05, 4.69) is 11.4 Å². The lowest BCUT2D eigenvalue weighted by Gasteiger charge is -2.22. The van der Waals surface area contributed by atoms with E-state index in [1.807, 2.05) is 6.26 Å². The number of fused-ring (bicyclic) bond motifs is 1. The molecule has 0 amide bonds. The minimum absolute atomic E-state index is 0.488. The van der Waals surface area contributed by atoms with Gasteiger partial charge in [0.05, 0.1) is 12.3 Å². The van der Waals surface area contributed by atoms with Crippen LogP contribution in [0.5, 0.6) is 0 Å². The van der Waals surface area contributed by atoms with E-state index in [-0.39, 0.29) is 0 Å². The fourth-order valence-electron chi connectivity index (χ4n) is 2.58. The van der Waals surface area contributed by atoms with Gasteiger partial charge < -0.3 is 9.73 Å². The Labute approximate surface area is 91.0 Å². The van der Waals surface area contributed by atoms with E-state index in [9.17, 15) is 0 Å². The van der Waals surface area contributed by atoms with Crippen molar-refractivity contribution in [2.45, 2.75) is 44.6 Å². The molecule has 2 heteroatoms. The zero-order valence-electron chi connectivity index (χ0n) is 9.17. The minimum Gasteiger partial charge on any atom is -0.467 e. The summed E-state index contributed by atoms with van der Waals surface area (Å²) in [6.07, 6.45) is 9.94. The van der Waals surface area contributed by atoms with Crippen molar-refractivity contribution < 1.29 is 4.42 Å². The lowest BCUT2D eigenvalue weighted by Crippen LogP contribution is -2.28. The molecule has 0 bridgehead atoms. The second-order valence-electron chi connectivity index (χ2n) is 4.94. The highest BCUT2D eigenvalue weighted by Gasteiger charge is 2.24. The van der Waals surface area contributed by atoms with Crippen molar-refractivity contribution in [2.24, 2.45) is 5.92 Å². The third-order valence-electron chi connectivity index (χ3n) is 3.68. The molecule has 1 aromatic rings. The second-order valence-corrected chi connectivity index (χ2v) is 4.94. The smallest absolute Gasteiger partial charge is 0.123 e. The molecule has 0 saturated heterocycles. The molecule has 1 atom stereocenters. The molecule has 1 aliphatic heterocycles. The Bertz CT molecular complexity index is 327. The normalized spacial score (nSPS) is 25.2. The molecule has 1 N–H and O–H groups in total. The summed E-state index contributed by atoms with van der Waals surface area (Å²) in [4.78, 5) is 0. The molecule has 2 aliphatic rings. The lowest BCUT2D eigenvalue weighted by atomic mass is 9.98. The monoisotopic (exact) mass is 205 g/mol. The third-order valence-corrected chi connectivity index (χ3v) is 3.68. The summed E-state index contributed by atoms with van der Waals surface area (Å²) in [5, 5.41) is 3.56. The van der Waals surface area contributed by atoms with E-state index in [0.29, 0.717) is 6.04 Å². The van der Waals surface area contributed by atoms with Gasteiger partial charge in [0, 0.05) is 0 Å². The highest BCUT2D eigenvalue weighted by molar-refractivity contribution is 5.23. The van der Waals surface area contributed by atoms with E-state index in [0.717, 1.165) is 18.9 Å². The Morgan fingerprint density at radius 3 is 3.13 bits per heavy atom. The lowest BCUT2D eigenvalue weighted by molar-refractivity contribution is 0.364. The molecule has 0 radical (unpaired) electrons. The van der Waals surface area contributed by atoms with E-state index >= 15 is 0 Å². The maximum atomic E-state index is 5.58. The van der Waals surface area contributed by atoms with Crippen molar-refractivity contribution in [3.63, 3.8) is 0 Å². The molecule has 2 heterocycles. The Balaban J connectivity index is 1.57. The largest absolute Gasteiger partial charge is 0.467 e. The highest BCUT2D eigenvalue weighted by atomic mass is 16.3. The van der Waals surface area contributed by atoms with Gasteiger partial charge in [0.15, 0.2) is 0 Å². The van der Waals surface area contributed by atoms with Crippen molar-refractivity contribution in [3.05, 3.63) is 23.7 Å². The van der Waals surface area contributed by atoms with Crippen LogP contribution in [0.15, 0.2) is 16.7 Å². The Morgan fingerprint density at radius 2 is 2.27 bits per heavy atom. The van der Waals surface area contributed by atoms with Crippen molar-refractivity contribution in [1.29, 1.82) is 0 Å². The second kappa shape index (κ2) is 4.01. The number of hydrogen-bond donors (Lipinski definition) is 1. The summed E-state index contributed by atoms with van der Waals surface area (Å²) < 4.78 is 5.58. The van der Waals surface area contributed by atoms with E-state index in [1.54, 1.807) is 0 Å². The molecule has 0 spiro atoms. The van der Waals surface area contributed by atoms with Gasteiger partial charge in [-0.15, -0.1) is 0 Å². The first-order chi connectivity index (χ1) is 7.43. The van der Waals surface area contributed by atoms with Crippen molar-refractivity contribution >= 4 is 0 Å². The van der Waals surface area contributed by atoms with Crippen LogP contribution in [0, 0.1) is 5.92 Å². The van der Waals surface area contributed by atoms with Crippen molar-refractivity contribution in [3.8, 4) is 0 Å². The first kappa shape index (κ1) is 9.46. The fourth-order valence-corrected chi connectivity index (χ4v) is 2.58. The zero-order chi connectivity index (χ0) is 10.1. The van der Waals surface area contributed by atoms with Gasteiger partial charge in [0.25, 0.3) is 0 Å². The first-order valence-electron chi connectivity index (χ1n) is 6.23. The van der Waals surface area contributed by atoms with E-state index in [4.69, 9.17) is 4.42 Å². The Morgan fingerprint density at radius 1 is 1.33 bits per heavy atom. The molecule has 1 aliphatic carbocycles. The molecule has 82 valence electrons. The maximum Gasteiger partial charge on any atom is 0.123 e. The van der Waals surface area contributed by atoms with Gasteiger partial charge in [-0.05, 0) is 36.9 Å². The predicted molar refractivity (Wildman–Crippen MR) is 59.7 cm³/mol. The standard InChI is InChI=1S/C13H19NO/c1(2-10-4-5-10)3-12-13-11(6-8-14-12)7-9-15-13/h7,9-10,12,14H,1-6,8H2. The highest BCUT2D eigenvalue weighted by Crippen LogP contribution is 2.35. The van der Waals surface area contributed by atoms with Gasteiger partial charge in [0.2, 0.25) is 0 Å². The Kier molecular flexibility index (Phi) is 2.53. The molecule has 1 aromatic heterocycles. The fraction of sp³-hybridized carbons (Fsp3) is 0.692. The molecule has 3 rings (SSSR count). The average Bonchev–Trinajstić information content (AvgIpc) is 2.95. The van der Waals surface area contributed by atoms with Crippen molar-refractivity contribution in [2.75, 3.05) is 6.54 Å². The van der Waals surface area contributed by atoms with Crippen LogP contribution in [0.25, 0.3) is 0 Å². The predicted octanol–water partition coefficient (Wildman–Crippen LogP) is 3.05. The van der Waals surface area contributed by atoms with Crippen LogP contribution in [0.3, 0.4) is 0 Å². The van der Waals surface area contributed by atoms with Gasteiger partial charge >= 0.3 is 0 Å². The van der Waals surface area contributed by atoms with Gasteiger partial charge in [0.1, 0.15) is 5.76 Å². The molecule has 15 heavy (non-hydrogen) atoms. The molecule has 1 fully saturated rings. The summed E-state index contributed by atoms with van der Waals surface area (Å²) in [5.74, 6) is 2.27. The van der Waals surface area contributed by atoms with Crippen LogP contribution in [-0.2, 0) is 6.42 Å². The van der Waals surface area contributed by atoms with Gasteiger partial charge in [-0.3, -0.25) is 0 Å². The maximum absolute atomic E-state index is 5.58. The van der Waals surface area contributed by atoms with Gasteiger partial charge in [-0.1, -0.05) is 25.7 Å². The molecule has 1 saturated carbocycles. The van der Waals surface area contributed by atoms with Crippen LogP contribution in [0.4, 0.5) is 0 Å². The van der Waals surface area contributed by atoms with Crippen LogP contribution >= 0.6 is 0 Å². The molecule has 0 aromatic carbocycles. The summed E-state index contributed by atoms with van der Waals surface area (Å²) >= 11 is 0. The van der Waals surface area contributed by atoms with Gasteiger partial charge in [-0.2, -0.15) is 0 Å². The SMILES string of the molecule is c1cc2c(o1)C(CCCC1CC1)NCC2. The van der Waals surface area contributed by atoms with E-state index in [1.165, 1.54) is 43.4 Å². The minimum atomic E-state index is 0.488. The van der Waals surface area contributed by atoms with Gasteiger partial charge in [-0.25, -0.2) is 0 Å². The third kappa shape index (κ3) is 2.10. The molecule has 2 nitrogen and oxygen atoms in total. The van der Waals surface area contributed by atoms with Crippen LogP contribution < -0.4 is 5.32 Å². The summed E-state index contributed by atoms with van der Waals surface area (Å²) in [7, 11) is 0.